The van der Waals surface area contributed by atoms with Gasteiger partial charge in [-0.05, 0) is 12.1 Å². The van der Waals surface area contributed by atoms with Crippen molar-refractivity contribution < 1.29 is 0 Å². The number of rotatable bonds is 1. The summed E-state index contributed by atoms with van der Waals surface area (Å²) < 4.78 is 0. The van der Waals surface area contributed by atoms with Crippen LogP contribution >= 0.6 is 0 Å². The highest BCUT2D eigenvalue weighted by Crippen LogP contribution is 1.83. The van der Waals surface area contributed by atoms with Gasteiger partial charge in [0.05, 0.1) is 0 Å². The first-order valence-electron chi connectivity index (χ1n) is 2.33. The van der Waals surface area contributed by atoms with E-state index in [4.69, 9.17) is 5.84 Å². The number of aromatic nitrogens is 4. The molecule has 0 fully saturated rings. The van der Waals surface area contributed by atoms with Gasteiger partial charge in [-0.3, -0.25) is 0 Å². The van der Waals surface area contributed by atoms with Crippen molar-refractivity contribution in [3.05, 3.63) is 5.82 Å². The summed E-state index contributed by atoms with van der Waals surface area (Å²) in [6, 6.07) is 0. The molecule has 0 atom stereocenters. The van der Waals surface area contributed by atoms with Gasteiger partial charge in [0.1, 0.15) is 5.71 Å². The van der Waals surface area contributed by atoms with Crippen LogP contribution in [0.1, 0.15) is 12.7 Å². The van der Waals surface area contributed by atoms with Crippen LogP contribution in [-0.2, 0) is 0 Å². The molecule has 9 heavy (non-hydrogen) atoms. The smallest absolute Gasteiger partial charge is 0.220 e. The molecule has 0 amide bonds. The van der Waals surface area contributed by atoms with E-state index >= 15 is 0 Å². The van der Waals surface area contributed by atoms with Gasteiger partial charge < -0.3 is 5.84 Å². The van der Waals surface area contributed by atoms with Gasteiger partial charge in [0.2, 0.25) is 5.82 Å². The predicted molar refractivity (Wildman–Crippen MR) is 30.6 cm³/mol. The first-order valence-corrected chi connectivity index (χ1v) is 2.33. The Bertz CT molecular complexity index is 198. The highest BCUT2D eigenvalue weighted by Gasteiger charge is 1.99. The van der Waals surface area contributed by atoms with Crippen molar-refractivity contribution in [3.63, 3.8) is 0 Å². The number of nitrogens with two attached hydrogens (primary N) is 1. The Morgan fingerprint density at radius 1 is 1.78 bits per heavy atom. The third-order valence-corrected chi connectivity index (χ3v) is 0.863. The molecule has 0 bridgehead atoms. The van der Waals surface area contributed by atoms with E-state index in [-0.39, 0.29) is 0 Å². The van der Waals surface area contributed by atoms with Gasteiger partial charge >= 0.3 is 0 Å². The standard InChI is InChI=1S/C3H6N6/c1-2(5-4)3-6-8-9-7-3/h4H2,1H3,(H,6,7,8,9)/b5-2+. The lowest BCUT2D eigenvalue weighted by atomic mass is 10.4. The summed E-state index contributed by atoms with van der Waals surface area (Å²) in [6.07, 6.45) is 0. The van der Waals surface area contributed by atoms with E-state index in [0.717, 1.165) is 0 Å². The minimum Gasteiger partial charge on any atom is -0.323 e. The number of aromatic amines is 1. The summed E-state index contributed by atoms with van der Waals surface area (Å²) in [4.78, 5) is 0. The highest BCUT2D eigenvalue weighted by molar-refractivity contribution is 5.94. The molecule has 0 aliphatic carbocycles. The van der Waals surface area contributed by atoms with Crippen LogP contribution in [-0.4, -0.2) is 26.3 Å². The van der Waals surface area contributed by atoms with Crippen molar-refractivity contribution in [1.82, 2.24) is 20.6 Å². The Hall–Kier alpha value is -1.46. The number of hydrogen-bond acceptors (Lipinski definition) is 5. The molecule has 0 aliphatic heterocycles. The zero-order valence-electron chi connectivity index (χ0n) is 4.87. The van der Waals surface area contributed by atoms with E-state index < -0.39 is 0 Å². The number of hydrazone groups is 1. The summed E-state index contributed by atoms with van der Waals surface area (Å²) in [7, 11) is 0. The molecule has 0 saturated heterocycles. The van der Waals surface area contributed by atoms with Gasteiger partial charge in [-0.2, -0.15) is 10.3 Å². The SMILES string of the molecule is C/C(=N\N)c1nn[nH]n1. The maximum Gasteiger partial charge on any atom is 0.220 e. The quantitative estimate of drug-likeness (QED) is 0.283. The van der Waals surface area contributed by atoms with E-state index in [1.165, 1.54) is 0 Å². The molecular weight excluding hydrogens is 120 g/mol. The van der Waals surface area contributed by atoms with Gasteiger partial charge in [-0.25, -0.2) is 0 Å². The molecule has 6 heteroatoms. The van der Waals surface area contributed by atoms with Crippen LogP contribution in [0.4, 0.5) is 0 Å². The van der Waals surface area contributed by atoms with Crippen LogP contribution in [0.5, 0.6) is 0 Å². The van der Waals surface area contributed by atoms with E-state index in [0.29, 0.717) is 11.5 Å². The Labute approximate surface area is 51.1 Å². The van der Waals surface area contributed by atoms with E-state index in [1.54, 1.807) is 6.92 Å². The molecule has 48 valence electrons. The molecule has 0 aromatic carbocycles. The highest BCUT2D eigenvalue weighted by atomic mass is 15.5. The fourth-order valence-corrected chi connectivity index (χ4v) is 0.373. The maximum absolute atomic E-state index is 4.93. The molecule has 1 aromatic rings. The average molecular weight is 126 g/mol. The van der Waals surface area contributed by atoms with Crippen LogP contribution in [0.3, 0.4) is 0 Å². The molecule has 0 unspecified atom stereocenters. The third-order valence-electron chi connectivity index (χ3n) is 0.863. The second-order valence-electron chi connectivity index (χ2n) is 1.45. The van der Waals surface area contributed by atoms with Crippen LogP contribution < -0.4 is 5.84 Å². The van der Waals surface area contributed by atoms with E-state index in [9.17, 15) is 0 Å². The normalized spacial score (nSPS) is 11.9. The molecule has 0 saturated carbocycles. The maximum atomic E-state index is 4.93. The molecule has 1 heterocycles. The monoisotopic (exact) mass is 126 g/mol. The summed E-state index contributed by atoms with van der Waals surface area (Å²) in [5.74, 6) is 5.36. The van der Waals surface area contributed by atoms with Crippen molar-refractivity contribution in [2.24, 2.45) is 10.9 Å². The fraction of sp³-hybridized carbons (Fsp3) is 0.333. The second-order valence-corrected chi connectivity index (χ2v) is 1.45. The number of hydrogen-bond donors (Lipinski definition) is 2. The van der Waals surface area contributed by atoms with Crippen LogP contribution in [0.25, 0.3) is 0 Å². The number of tetrazole rings is 1. The first-order chi connectivity index (χ1) is 4.34. The molecule has 1 aromatic heterocycles. The molecule has 6 nitrogen and oxygen atoms in total. The van der Waals surface area contributed by atoms with Crippen LogP contribution in [0.15, 0.2) is 5.10 Å². The summed E-state index contributed by atoms with van der Waals surface area (Å²) in [5.41, 5.74) is 0.559. The molecule has 1 rings (SSSR count). The Balaban J connectivity index is 2.90. The van der Waals surface area contributed by atoms with Gasteiger partial charge in [0, 0.05) is 0 Å². The lowest BCUT2D eigenvalue weighted by Crippen LogP contribution is -2.00. The topological polar surface area (TPSA) is 92.8 Å². The van der Waals surface area contributed by atoms with Gasteiger partial charge in [-0.1, -0.05) is 0 Å². The number of nitrogens with zero attached hydrogens (tertiary/aromatic N) is 4. The molecule has 0 radical (unpaired) electrons. The fourth-order valence-electron chi connectivity index (χ4n) is 0.373. The van der Waals surface area contributed by atoms with E-state index in [1.807, 2.05) is 0 Å². The van der Waals surface area contributed by atoms with E-state index in [2.05, 4.69) is 25.7 Å². The second kappa shape index (κ2) is 2.21. The molecule has 3 N–H and O–H groups in total. The number of H-pyrrole nitrogens is 1. The lowest BCUT2D eigenvalue weighted by Gasteiger charge is -1.83. The minimum absolute atomic E-state index is 0.428. The van der Waals surface area contributed by atoms with Crippen molar-refractivity contribution >= 4 is 5.71 Å². The molecular formula is C3H6N6. The van der Waals surface area contributed by atoms with Crippen molar-refractivity contribution in [2.45, 2.75) is 6.92 Å². The Morgan fingerprint density at radius 2 is 2.56 bits per heavy atom. The summed E-state index contributed by atoms with van der Waals surface area (Å²) >= 11 is 0. The van der Waals surface area contributed by atoms with Crippen molar-refractivity contribution in [2.75, 3.05) is 0 Å². The number of nitrogens with one attached hydrogen (secondary N) is 1. The summed E-state index contributed by atoms with van der Waals surface area (Å²) in [6.45, 7) is 1.70. The summed E-state index contributed by atoms with van der Waals surface area (Å²) in [5, 5.41) is 16.2. The van der Waals surface area contributed by atoms with Gasteiger partial charge in [0.15, 0.2) is 0 Å². The molecule has 0 spiro atoms. The Kier molecular flexibility index (Phi) is 1.39. The Morgan fingerprint density at radius 3 is 3.00 bits per heavy atom. The zero-order chi connectivity index (χ0) is 6.69. The largest absolute Gasteiger partial charge is 0.323 e. The van der Waals surface area contributed by atoms with Crippen molar-refractivity contribution in [1.29, 1.82) is 0 Å². The average Bonchev–Trinajstić information content (AvgIpc) is 2.37. The van der Waals surface area contributed by atoms with Crippen molar-refractivity contribution in [3.8, 4) is 0 Å². The minimum atomic E-state index is 0.428. The van der Waals surface area contributed by atoms with Gasteiger partial charge in [0.25, 0.3) is 0 Å². The van der Waals surface area contributed by atoms with Gasteiger partial charge in [-0.15, -0.1) is 10.2 Å². The van der Waals surface area contributed by atoms with Crippen LogP contribution in [0.2, 0.25) is 0 Å². The third kappa shape index (κ3) is 1.01. The zero-order valence-corrected chi connectivity index (χ0v) is 4.87. The predicted octanol–water partition coefficient (Wildman–Crippen LogP) is -1.12. The first kappa shape index (κ1) is 5.67. The molecule has 0 aliphatic rings. The van der Waals surface area contributed by atoms with Crippen LogP contribution in [0, 0.1) is 0 Å². The lowest BCUT2D eigenvalue weighted by molar-refractivity contribution is 0.881.